The summed E-state index contributed by atoms with van der Waals surface area (Å²) in [5.41, 5.74) is 6.39. The number of nitrogens with zero attached hydrogens (tertiary/aromatic N) is 1. The molecule has 0 bridgehead atoms. The average Bonchev–Trinajstić information content (AvgIpc) is 3.01. The summed E-state index contributed by atoms with van der Waals surface area (Å²) in [7, 11) is 1.18. The monoisotopic (exact) mass is 322 g/mol. The second kappa shape index (κ2) is 5.46. The largest absolute Gasteiger partial charge is 0.492 e. The summed E-state index contributed by atoms with van der Waals surface area (Å²) in [5.74, 6) is -1.03. The van der Waals surface area contributed by atoms with Crippen molar-refractivity contribution < 1.29 is 18.7 Å². The second-order valence-corrected chi connectivity index (χ2v) is 5.11. The van der Waals surface area contributed by atoms with E-state index in [1.54, 1.807) is 12.1 Å². The number of hydrogen-bond donors (Lipinski definition) is 1. The average molecular weight is 323 g/mol. The Labute approximate surface area is 130 Å². The zero-order valence-electron chi connectivity index (χ0n) is 11.7. The number of halogens is 2. The van der Waals surface area contributed by atoms with Gasteiger partial charge in [-0.2, -0.15) is 0 Å². The maximum absolute atomic E-state index is 14.5. The van der Waals surface area contributed by atoms with E-state index in [2.05, 4.69) is 9.72 Å². The van der Waals surface area contributed by atoms with E-state index < -0.39 is 11.8 Å². The summed E-state index contributed by atoms with van der Waals surface area (Å²) < 4.78 is 24.6. The molecule has 0 saturated carbocycles. The van der Waals surface area contributed by atoms with Crippen molar-refractivity contribution in [2.24, 2.45) is 0 Å². The number of carbonyl (C=O) groups excluding carboxylic acids is 1. The molecule has 22 heavy (non-hydrogen) atoms. The number of nitrogens with two attached hydrogens (primary N) is 1. The third-order valence-corrected chi connectivity index (χ3v) is 3.84. The normalized spacial score (nSPS) is 12.7. The Hall–Kier alpha value is -2.34. The molecule has 5 nitrogen and oxygen atoms in total. The van der Waals surface area contributed by atoms with Crippen molar-refractivity contribution >= 4 is 23.3 Å². The molecule has 0 unspecified atom stereocenters. The van der Waals surface area contributed by atoms with Gasteiger partial charge in [-0.05, 0) is 11.6 Å². The molecule has 0 amide bonds. The molecular weight excluding hydrogens is 311 g/mol. The SMILES string of the molecule is COC(=O)c1nc(-c2cccc3c2OCC3)c(F)c(N)c1Cl. The van der Waals surface area contributed by atoms with Crippen molar-refractivity contribution in [2.75, 3.05) is 19.5 Å². The second-order valence-electron chi connectivity index (χ2n) is 4.73. The van der Waals surface area contributed by atoms with E-state index in [4.69, 9.17) is 22.1 Å². The first kappa shape index (κ1) is 14.6. The van der Waals surface area contributed by atoms with Gasteiger partial charge in [0.05, 0.1) is 24.4 Å². The van der Waals surface area contributed by atoms with E-state index in [1.165, 1.54) is 7.11 Å². The summed E-state index contributed by atoms with van der Waals surface area (Å²) in [6.07, 6.45) is 0.734. The van der Waals surface area contributed by atoms with E-state index in [0.29, 0.717) is 17.9 Å². The molecule has 1 aliphatic heterocycles. The fraction of sp³-hybridized carbons (Fsp3) is 0.200. The van der Waals surface area contributed by atoms with Crippen molar-refractivity contribution in [3.05, 3.63) is 40.3 Å². The third-order valence-electron chi connectivity index (χ3n) is 3.46. The van der Waals surface area contributed by atoms with E-state index in [-0.39, 0.29) is 22.1 Å². The minimum absolute atomic E-state index is 0.0824. The molecule has 0 aliphatic carbocycles. The number of fused-ring (bicyclic) bond motifs is 1. The van der Waals surface area contributed by atoms with Crippen molar-refractivity contribution in [1.29, 1.82) is 0 Å². The standard InChI is InChI=1S/C15H12ClFN2O3/c1-21-15(20)13-9(16)11(18)10(17)12(19-13)8-4-2-3-7-5-6-22-14(7)8/h2-4H,5-6H2,1H3,(H2,18,19). The lowest BCUT2D eigenvalue weighted by Crippen LogP contribution is -2.10. The van der Waals surface area contributed by atoms with Crippen LogP contribution in [0.1, 0.15) is 16.1 Å². The number of methoxy groups -OCH3 is 1. The molecule has 2 aromatic rings. The number of benzene rings is 1. The maximum atomic E-state index is 14.5. The van der Waals surface area contributed by atoms with Crippen LogP contribution in [0.25, 0.3) is 11.3 Å². The quantitative estimate of drug-likeness (QED) is 0.861. The molecular formula is C15H12ClFN2O3. The number of para-hydroxylation sites is 1. The molecule has 1 aliphatic rings. The molecule has 114 valence electrons. The molecule has 0 saturated heterocycles. The predicted octanol–water partition coefficient (Wildman–Crippen LogP) is 2.84. The van der Waals surface area contributed by atoms with Crippen molar-refractivity contribution in [3.8, 4) is 17.0 Å². The maximum Gasteiger partial charge on any atom is 0.358 e. The number of pyridine rings is 1. The minimum Gasteiger partial charge on any atom is -0.492 e. The van der Waals surface area contributed by atoms with Gasteiger partial charge in [0.25, 0.3) is 0 Å². The summed E-state index contributed by atoms with van der Waals surface area (Å²) >= 11 is 5.89. The number of aromatic nitrogens is 1. The highest BCUT2D eigenvalue weighted by molar-refractivity contribution is 6.35. The number of hydrogen-bond acceptors (Lipinski definition) is 5. The number of esters is 1. The highest BCUT2D eigenvalue weighted by Crippen LogP contribution is 2.40. The lowest BCUT2D eigenvalue weighted by Gasteiger charge is -2.12. The molecule has 7 heteroatoms. The molecule has 0 radical (unpaired) electrons. The zero-order chi connectivity index (χ0) is 15.9. The van der Waals surface area contributed by atoms with E-state index in [0.717, 1.165) is 12.0 Å². The molecule has 1 aromatic carbocycles. The smallest absolute Gasteiger partial charge is 0.358 e. The number of nitrogen functional groups attached to an aromatic ring is 1. The Bertz CT molecular complexity index is 780. The molecule has 2 N–H and O–H groups in total. The molecule has 1 aromatic heterocycles. The van der Waals surface area contributed by atoms with Crippen molar-refractivity contribution in [3.63, 3.8) is 0 Å². The van der Waals surface area contributed by atoms with Crippen LogP contribution in [-0.4, -0.2) is 24.7 Å². The van der Waals surface area contributed by atoms with Gasteiger partial charge >= 0.3 is 5.97 Å². The molecule has 0 spiro atoms. The van der Waals surface area contributed by atoms with Gasteiger partial charge in [-0.15, -0.1) is 0 Å². The van der Waals surface area contributed by atoms with Gasteiger partial charge < -0.3 is 15.2 Å². The number of carbonyl (C=O) groups is 1. The van der Waals surface area contributed by atoms with E-state index in [1.807, 2.05) is 6.07 Å². The van der Waals surface area contributed by atoms with Gasteiger partial charge in [-0.1, -0.05) is 23.7 Å². The number of rotatable bonds is 2. The van der Waals surface area contributed by atoms with Crippen LogP contribution in [0.15, 0.2) is 18.2 Å². The first-order chi connectivity index (χ1) is 10.5. The highest BCUT2D eigenvalue weighted by Gasteiger charge is 2.26. The van der Waals surface area contributed by atoms with E-state index in [9.17, 15) is 9.18 Å². The van der Waals surface area contributed by atoms with Gasteiger partial charge in [0.15, 0.2) is 11.5 Å². The van der Waals surface area contributed by atoms with E-state index >= 15 is 0 Å². The number of anilines is 1. The third kappa shape index (κ3) is 2.16. The van der Waals surface area contributed by atoms with Crippen LogP contribution in [0, 0.1) is 5.82 Å². The van der Waals surface area contributed by atoms with Crippen LogP contribution in [0.3, 0.4) is 0 Å². The Kier molecular flexibility index (Phi) is 3.62. The Morgan fingerprint density at radius 1 is 1.50 bits per heavy atom. The molecule has 2 heterocycles. The summed E-state index contributed by atoms with van der Waals surface area (Å²) in [6, 6.07) is 5.32. The van der Waals surface area contributed by atoms with Crippen LogP contribution in [0.2, 0.25) is 5.02 Å². The van der Waals surface area contributed by atoms with Crippen molar-refractivity contribution in [2.45, 2.75) is 6.42 Å². The lowest BCUT2D eigenvalue weighted by molar-refractivity contribution is 0.0594. The topological polar surface area (TPSA) is 74.4 Å². The minimum atomic E-state index is -0.790. The van der Waals surface area contributed by atoms with Crippen LogP contribution in [0.5, 0.6) is 5.75 Å². The Morgan fingerprint density at radius 2 is 2.27 bits per heavy atom. The first-order valence-electron chi connectivity index (χ1n) is 6.52. The van der Waals surface area contributed by atoms with Crippen LogP contribution in [0.4, 0.5) is 10.1 Å². The van der Waals surface area contributed by atoms with Gasteiger partial charge in [0.1, 0.15) is 11.4 Å². The van der Waals surface area contributed by atoms with Crippen LogP contribution < -0.4 is 10.5 Å². The lowest BCUT2D eigenvalue weighted by atomic mass is 10.0. The zero-order valence-corrected chi connectivity index (χ0v) is 12.4. The van der Waals surface area contributed by atoms with Gasteiger partial charge in [-0.3, -0.25) is 0 Å². The van der Waals surface area contributed by atoms with Crippen LogP contribution >= 0.6 is 11.6 Å². The fourth-order valence-electron chi connectivity index (χ4n) is 2.37. The highest BCUT2D eigenvalue weighted by atomic mass is 35.5. The van der Waals surface area contributed by atoms with Gasteiger partial charge in [0.2, 0.25) is 0 Å². The van der Waals surface area contributed by atoms with Gasteiger partial charge in [-0.25, -0.2) is 14.2 Å². The molecule has 3 rings (SSSR count). The van der Waals surface area contributed by atoms with Crippen LogP contribution in [-0.2, 0) is 11.2 Å². The Morgan fingerprint density at radius 3 is 3.00 bits per heavy atom. The fourth-order valence-corrected chi connectivity index (χ4v) is 2.58. The molecule has 0 atom stereocenters. The first-order valence-corrected chi connectivity index (χ1v) is 6.90. The summed E-state index contributed by atoms with van der Waals surface area (Å²) in [4.78, 5) is 15.7. The summed E-state index contributed by atoms with van der Waals surface area (Å²) in [6.45, 7) is 0.515. The van der Waals surface area contributed by atoms with Gasteiger partial charge in [0, 0.05) is 12.0 Å². The van der Waals surface area contributed by atoms with Crippen molar-refractivity contribution in [1.82, 2.24) is 4.98 Å². The summed E-state index contributed by atoms with van der Waals surface area (Å²) in [5, 5.41) is -0.262. The predicted molar refractivity (Wildman–Crippen MR) is 79.6 cm³/mol. The Balaban J connectivity index is 2.26. The molecule has 0 fully saturated rings. The number of ether oxygens (including phenoxy) is 2.